The maximum Gasteiger partial charge on any atom is 0.330 e. The molecule has 4 nitrogen and oxygen atoms in total. The molecule has 0 saturated heterocycles. The maximum atomic E-state index is 11.2. The monoisotopic (exact) mass is 266 g/mol. The molecule has 0 bridgehead atoms. The smallest absolute Gasteiger partial charge is 0.330 e. The van der Waals surface area contributed by atoms with E-state index in [4.69, 9.17) is 4.74 Å². The lowest BCUT2D eigenvalue weighted by Crippen LogP contribution is -2.31. The topological polar surface area (TPSA) is 52.6 Å². The molecule has 0 aliphatic heterocycles. The summed E-state index contributed by atoms with van der Waals surface area (Å²) >= 11 is 0. The van der Waals surface area contributed by atoms with Crippen LogP contribution in [0.4, 0.5) is 0 Å². The zero-order valence-electron chi connectivity index (χ0n) is 12.3. The van der Waals surface area contributed by atoms with E-state index in [2.05, 4.69) is 18.6 Å². The molecule has 1 aliphatic carbocycles. The number of rotatable bonds is 3. The van der Waals surface area contributed by atoms with Gasteiger partial charge in [-0.3, -0.25) is 4.79 Å². The van der Waals surface area contributed by atoms with Crippen molar-refractivity contribution < 1.29 is 19.1 Å². The van der Waals surface area contributed by atoms with E-state index in [9.17, 15) is 9.59 Å². The van der Waals surface area contributed by atoms with Gasteiger partial charge in [0.25, 0.3) is 0 Å². The Balaban J connectivity index is 2.93. The lowest BCUT2D eigenvalue weighted by molar-refractivity contribution is -0.147. The first-order chi connectivity index (χ1) is 8.76. The van der Waals surface area contributed by atoms with Crippen molar-refractivity contribution in [3.8, 4) is 0 Å². The van der Waals surface area contributed by atoms with Crippen LogP contribution in [0.3, 0.4) is 0 Å². The largest absolute Gasteiger partial charge is 0.466 e. The van der Waals surface area contributed by atoms with Crippen LogP contribution in [0.15, 0.2) is 23.3 Å². The Kier molecular flexibility index (Phi) is 4.92. The molecule has 0 radical (unpaired) electrons. The zero-order chi connectivity index (χ0) is 14.6. The predicted octanol–water partition coefficient (Wildman–Crippen LogP) is 2.78. The van der Waals surface area contributed by atoms with E-state index in [0.29, 0.717) is 6.42 Å². The second kappa shape index (κ2) is 6.04. The summed E-state index contributed by atoms with van der Waals surface area (Å²) < 4.78 is 9.90. The highest BCUT2D eigenvalue weighted by Gasteiger charge is 2.33. The highest BCUT2D eigenvalue weighted by molar-refractivity contribution is 5.82. The molecule has 0 fully saturated rings. The van der Waals surface area contributed by atoms with Crippen molar-refractivity contribution in [2.75, 3.05) is 7.11 Å². The standard InChI is InChI=1S/C15H22O4/c1-10-8-12(19-11(2)16)9-15(3,4)13(10)6-7-14(17)18-5/h6-7,12H,8-9H2,1-5H3/b7-6+/t12-/m1/s1. The summed E-state index contributed by atoms with van der Waals surface area (Å²) in [7, 11) is 1.36. The molecule has 0 unspecified atom stereocenters. The van der Waals surface area contributed by atoms with Crippen molar-refractivity contribution in [2.45, 2.75) is 46.6 Å². The van der Waals surface area contributed by atoms with Gasteiger partial charge in [-0.1, -0.05) is 25.5 Å². The van der Waals surface area contributed by atoms with Gasteiger partial charge in [0, 0.05) is 19.4 Å². The molecule has 0 saturated carbocycles. The molecule has 106 valence electrons. The number of allylic oxidation sites excluding steroid dienone is 2. The van der Waals surface area contributed by atoms with Gasteiger partial charge in [-0.25, -0.2) is 4.79 Å². The summed E-state index contributed by atoms with van der Waals surface area (Å²) in [6, 6.07) is 0. The number of ether oxygens (including phenoxy) is 2. The molecule has 0 aromatic rings. The zero-order valence-corrected chi connectivity index (χ0v) is 12.3. The SMILES string of the molecule is COC(=O)/C=C/C1=C(C)C[C@@H](OC(C)=O)CC1(C)C. The molecule has 0 aromatic carbocycles. The molecule has 19 heavy (non-hydrogen) atoms. The minimum absolute atomic E-state index is 0.0808. The molecule has 0 N–H and O–H groups in total. The van der Waals surface area contributed by atoms with Gasteiger partial charge in [0.05, 0.1) is 7.11 Å². The molecule has 0 amide bonds. The first-order valence-corrected chi connectivity index (χ1v) is 6.39. The van der Waals surface area contributed by atoms with Gasteiger partial charge >= 0.3 is 11.9 Å². The van der Waals surface area contributed by atoms with Crippen LogP contribution in [0.25, 0.3) is 0 Å². The van der Waals surface area contributed by atoms with Gasteiger partial charge in [0.15, 0.2) is 0 Å². The van der Waals surface area contributed by atoms with Gasteiger partial charge in [-0.2, -0.15) is 0 Å². The first kappa shape index (κ1) is 15.5. The van der Waals surface area contributed by atoms with Crippen LogP contribution in [0.1, 0.15) is 40.5 Å². The highest BCUT2D eigenvalue weighted by atomic mass is 16.5. The third kappa shape index (κ3) is 4.23. The van der Waals surface area contributed by atoms with Crippen molar-refractivity contribution in [1.82, 2.24) is 0 Å². The van der Waals surface area contributed by atoms with Gasteiger partial charge < -0.3 is 9.47 Å². The Hall–Kier alpha value is -1.58. The molecule has 0 spiro atoms. The van der Waals surface area contributed by atoms with Gasteiger partial charge in [-0.05, 0) is 24.3 Å². The van der Waals surface area contributed by atoms with Crippen LogP contribution in [0.5, 0.6) is 0 Å². The normalized spacial score (nSPS) is 22.5. The molecule has 4 heteroatoms. The average Bonchev–Trinajstić information content (AvgIpc) is 2.25. The Bertz CT molecular complexity index is 429. The third-order valence-corrected chi connectivity index (χ3v) is 3.38. The van der Waals surface area contributed by atoms with Crippen LogP contribution in [-0.2, 0) is 19.1 Å². The summed E-state index contributed by atoms with van der Waals surface area (Å²) in [5.41, 5.74) is 2.12. The minimum atomic E-state index is -0.363. The van der Waals surface area contributed by atoms with E-state index in [1.165, 1.54) is 20.1 Å². The van der Waals surface area contributed by atoms with Crippen LogP contribution >= 0.6 is 0 Å². The van der Waals surface area contributed by atoms with E-state index >= 15 is 0 Å². The second-order valence-corrected chi connectivity index (χ2v) is 5.57. The van der Waals surface area contributed by atoms with E-state index in [-0.39, 0.29) is 23.5 Å². The Morgan fingerprint density at radius 3 is 2.47 bits per heavy atom. The van der Waals surface area contributed by atoms with Gasteiger partial charge in [-0.15, -0.1) is 0 Å². The van der Waals surface area contributed by atoms with Crippen molar-refractivity contribution >= 4 is 11.9 Å². The highest BCUT2D eigenvalue weighted by Crippen LogP contribution is 2.41. The van der Waals surface area contributed by atoms with Gasteiger partial charge in [0.1, 0.15) is 6.10 Å². The number of carbonyl (C=O) groups excluding carboxylic acids is 2. The Labute approximate surface area is 114 Å². The maximum absolute atomic E-state index is 11.2. The van der Waals surface area contributed by atoms with Crippen LogP contribution in [0, 0.1) is 5.41 Å². The minimum Gasteiger partial charge on any atom is -0.466 e. The van der Waals surface area contributed by atoms with E-state index in [1.807, 2.05) is 13.0 Å². The predicted molar refractivity (Wildman–Crippen MR) is 72.4 cm³/mol. The van der Waals surface area contributed by atoms with Crippen LogP contribution < -0.4 is 0 Å². The first-order valence-electron chi connectivity index (χ1n) is 6.39. The van der Waals surface area contributed by atoms with Crippen LogP contribution in [0.2, 0.25) is 0 Å². The van der Waals surface area contributed by atoms with E-state index in [1.54, 1.807) is 0 Å². The lowest BCUT2D eigenvalue weighted by Gasteiger charge is -2.37. The summed E-state index contributed by atoms with van der Waals surface area (Å²) in [5.74, 6) is -0.611. The molecule has 0 aromatic heterocycles. The third-order valence-electron chi connectivity index (χ3n) is 3.38. The Morgan fingerprint density at radius 2 is 2.00 bits per heavy atom. The van der Waals surface area contributed by atoms with Gasteiger partial charge in [0.2, 0.25) is 0 Å². The number of esters is 2. The lowest BCUT2D eigenvalue weighted by atomic mass is 9.71. The summed E-state index contributed by atoms with van der Waals surface area (Å²) in [6.45, 7) is 7.61. The summed E-state index contributed by atoms with van der Waals surface area (Å²) in [6.07, 6.45) is 4.63. The van der Waals surface area contributed by atoms with E-state index < -0.39 is 0 Å². The van der Waals surface area contributed by atoms with E-state index in [0.717, 1.165) is 17.6 Å². The van der Waals surface area contributed by atoms with Crippen molar-refractivity contribution in [3.63, 3.8) is 0 Å². The average molecular weight is 266 g/mol. The number of carbonyl (C=O) groups is 2. The molecular formula is C15H22O4. The van der Waals surface area contributed by atoms with Crippen molar-refractivity contribution in [2.24, 2.45) is 5.41 Å². The number of hydrogen-bond acceptors (Lipinski definition) is 4. The quantitative estimate of drug-likeness (QED) is 0.582. The van der Waals surface area contributed by atoms with Crippen molar-refractivity contribution in [3.05, 3.63) is 23.3 Å². The second-order valence-electron chi connectivity index (χ2n) is 5.57. The number of methoxy groups -OCH3 is 1. The molecule has 0 heterocycles. The fraction of sp³-hybridized carbons (Fsp3) is 0.600. The fourth-order valence-corrected chi connectivity index (χ4v) is 2.69. The molecule has 1 aliphatic rings. The molecular weight excluding hydrogens is 244 g/mol. The molecule has 1 atom stereocenters. The molecule has 1 rings (SSSR count). The fourth-order valence-electron chi connectivity index (χ4n) is 2.69. The van der Waals surface area contributed by atoms with Crippen molar-refractivity contribution in [1.29, 1.82) is 0 Å². The van der Waals surface area contributed by atoms with Crippen LogP contribution in [-0.4, -0.2) is 25.2 Å². The Morgan fingerprint density at radius 1 is 1.37 bits per heavy atom. The summed E-state index contributed by atoms with van der Waals surface area (Å²) in [4.78, 5) is 22.2. The number of hydrogen-bond donors (Lipinski definition) is 0. The summed E-state index contributed by atoms with van der Waals surface area (Å²) in [5, 5.41) is 0.